The van der Waals surface area contributed by atoms with E-state index in [9.17, 15) is 0 Å². The van der Waals surface area contributed by atoms with Gasteiger partial charge in [0.1, 0.15) is 6.04 Å². The lowest BCUT2D eigenvalue weighted by Crippen LogP contribution is -2.34. The minimum atomic E-state index is 0.413. The highest BCUT2D eigenvalue weighted by atomic mass is 15.2. The molecule has 1 atom stereocenters. The van der Waals surface area contributed by atoms with E-state index in [1.165, 1.54) is 33.0 Å². The summed E-state index contributed by atoms with van der Waals surface area (Å²) in [6.45, 7) is 2.29. The second kappa shape index (κ2) is 2.97. The molecule has 0 saturated heterocycles. The van der Waals surface area contributed by atoms with Crippen molar-refractivity contribution in [2.24, 2.45) is 0 Å². The molecule has 0 spiro atoms. The minimum Gasteiger partial charge on any atom is -0.216 e. The summed E-state index contributed by atoms with van der Waals surface area (Å²) in [6.07, 6.45) is 2.19. The van der Waals surface area contributed by atoms with Crippen molar-refractivity contribution in [1.29, 1.82) is 0 Å². The van der Waals surface area contributed by atoms with E-state index in [1.807, 2.05) is 0 Å². The van der Waals surface area contributed by atoms with Gasteiger partial charge in [0.25, 0.3) is 5.65 Å². The zero-order valence-electron chi connectivity index (χ0n) is 10.7. The molecule has 2 nitrogen and oxygen atoms in total. The molecule has 90 valence electrons. The van der Waals surface area contributed by atoms with Crippen LogP contribution in [0, 0.1) is 0 Å². The fourth-order valence-electron chi connectivity index (χ4n) is 3.63. The van der Waals surface area contributed by atoms with Crippen molar-refractivity contribution < 1.29 is 4.57 Å². The van der Waals surface area contributed by atoms with E-state index in [0.29, 0.717) is 6.04 Å². The number of hydrogen-bond donors (Lipinski definition) is 0. The number of benzene rings is 2. The van der Waals surface area contributed by atoms with E-state index in [4.69, 9.17) is 0 Å². The number of pyridine rings is 1. The Morgan fingerprint density at radius 2 is 1.89 bits per heavy atom. The third-order valence-electron chi connectivity index (χ3n) is 4.45. The molecule has 1 aliphatic rings. The van der Waals surface area contributed by atoms with Crippen molar-refractivity contribution in [3.05, 3.63) is 60.3 Å². The van der Waals surface area contributed by atoms with Gasteiger partial charge in [0, 0.05) is 5.56 Å². The number of para-hydroxylation sites is 2. The average molecular weight is 245 g/mol. The lowest BCUT2D eigenvalue weighted by molar-refractivity contribution is -0.655. The summed E-state index contributed by atoms with van der Waals surface area (Å²) in [6, 6.07) is 17.9. The summed E-state index contributed by atoms with van der Waals surface area (Å²) in [5, 5.41) is 2.75. The summed E-state index contributed by atoms with van der Waals surface area (Å²) in [5.41, 5.74) is 5.39. The Morgan fingerprint density at radius 3 is 2.84 bits per heavy atom. The molecule has 0 aliphatic carbocycles. The maximum absolute atomic E-state index is 2.47. The molecule has 2 heteroatoms. The summed E-state index contributed by atoms with van der Waals surface area (Å²) in [7, 11) is 0. The van der Waals surface area contributed by atoms with E-state index >= 15 is 0 Å². The van der Waals surface area contributed by atoms with Crippen molar-refractivity contribution >= 4 is 27.5 Å². The van der Waals surface area contributed by atoms with Crippen LogP contribution in [0.1, 0.15) is 18.5 Å². The van der Waals surface area contributed by atoms with Crippen LogP contribution in [0.4, 0.5) is 0 Å². The van der Waals surface area contributed by atoms with Crippen LogP contribution in [0.2, 0.25) is 0 Å². The highest BCUT2D eigenvalue weighted by Gasteiger charge is 2.33. The molecule has 0 amide bonds. The van der Waals surface area contributed by atoms with Gasteiger partial charge in [-0.25, -0.2) is 4.57 Å². The molecule has 4 aromatic rings. The second-order valence-electron chi connectivity index (χ2n) is 5.36. The first-order valence-corrected chi connectivity index (χ1v) is 6.72. The largest absolute Gasteiger partial charge is 0.296 e. The van der Waals surface area contributed by atoms with Gasteiger partial charge in [0.05, 0.1) is 11.6 Å². The molecule has 0 bridgehead atoms. The first-order chi connectivity index (χ1) is 9.36. The average Bonchev–Trinajstić information content (AvgIpc) is 2.94. The Hall–Kier alpha value is -2.35. The smallest absolute Gasteiger partial charge is 0.216 e. The van der Waals surface area contributed by atoms with Crippen molar-refractivity contribution in [1.82, 2.24) is 4.40 Å². The van der Waals surface area contributed by atoms with Gasteiger partial charge in [-0.1, -0.05) is 30.3 Å². The second-order valence-corrected chi connectivity index (χ2v) is 5.36. The quantitative estimate of drug-likeness (QED) is 0.419. The molecule has 0 radical (unpaired) electrons. The highest BCUT2D eigenvalue weighted by Crippen LogP contribution is 2.35. The topological polar surface area (TPSA) is 8.29 Å². The lowest BCUT2D eigenvalue weighted by Gasteiger charge is -2.04. The normalized spacial score (nSPS) is 17.2. The molecule has 0 N–H and O–H groups in total. The van der Waals surface area contributed by atoms with Crippen LogP contribution in [0.5, 0.6) is 0 Å². The Morgan fingerprint density at radius 1 is 1.00 bits per heavy atom. The Labute approximate surface area is 110 Å². The first kappa shape index (κ1) is 9.56. The van der Waals surface area contributed by atoms with Gasteiger partial charge in [-0.05, 0) is 30.5 Å². The fraction of sp³-hybridized carbons (Fsp3) is 0.118. The van der Waals surface area contributed by atoms with Gasteiger partial charge >= 0.3 is 0 Å². The molecule has 3 heterocycles. The van der Waals surface area contributed by atoms with Gasteiger partial charge in [-0.2, -0.15) is 4.40 Å². The molecule has 1 aliphatic heterocycles. The standard InChI is InChI=1S/C17H13N2/c1-11-13-6-4-5-12-9-10-18-14-7-2-3-8-15(14)19(11)17(18)16(12)13/h2-11H,1H3/q+1. The summed E-state index contributed by atoms with van der Waals surface area (Å²) in [4.78, 5) is 0. The molecule has 2 aromatic heterocycles. The molecular formula is C17H13N2+. The van der Waals surface area contributed by atoms with Crippen LogP contribution in [-0.4, -0.2) is 4.40 Å². The summed E-state index contributed by atoms with van der Waals surface area (Å²) >= 11 is 0. The fourth-order valence-corrected chi connectivity index (χ4v) is 3.63. The molecule has 5 rings (SSSR count). The molecular weight excluding hydrogens is 232 g/mol. The zero-order valence-corrected chi connectivity index (χ0v) is 10.7. The van der Waals surface area contributed by atoms with E-state index in [1.54, 1.807) is 0 Å². The van der Waals surface area contributed by atoms with Gasteiger partial charge in [0.15, 0.2) is 11.0 Å². The molecule has 0 saturated carbocycles. The SMILES string of the molecule is CC1c2cccc3ccn4c5ccccc5[n+]1c4c23. The third kappa shape index (κ3) is 0.942. The van der Waals surface area contributed by atoms with E-state index in [-0.39, 0.29) is 0 Å². The minimum absolute atomic E-state index is 0.413. The van der Waals surface area contributed by atoms with Crippen LogP contribution < -0.4 is 4.57 Å². The van der Waals surface area contributed by atoms with Crippen molar-refractivity contribution in [3.8, 4) is 0 Å². The third-order valence-corrected chi connectivity index (χ3v) is 4.45. The van der Waals surface area contributed by atoms with Crippen LogP contribution >= 0.6 is 0 Å². The van der Waals surface area contributed by atoms with Crippen molar-refractivity contribution in [2.75, 3.05) is 0 Å². The van der Waals surface area contributed by atoms with E-state index in [2.05, 4.69) is 70.6 Å². The van der Waals surface area contributed by atoms with Crippen molar-refractivity contribution in [3.63, 3.8) is 0 Å². The number of hydrogen-bond acceptors (Lipinski definition) is 0. The summed E-state index contributed by atoms with van der Waals surface area (Å²) in [5.74, 6) is 0. The monoisotopic (exact) mass is 245 g/mol. The molecule has 1 unspecified atom stereocenters. The van der Waals surface area contributed by atoms with E-state index in [0.717, 1.165) is 0 Å². The van der Waals surface area contributed by atoms with E-state index < -0.39 is 0 Å². The van der Waals surface area contributed by atoms with Crippen LogP contribution in [0.3, 0.4) is 0 Å². The first-order valence-electron chi connectivity index (χ1n) is 6.72. The molecule has 0 fully saturated rings. The molecule has 19 heavy (non-hydrogen) atoms. The van der Waals surface area contributed by atoms with Crippen LogP contribution in [-0.2, 0) is 0 Å². The van der Waals surface area contributed by atoms with Crippen LogP contribution in [0.25, 0.3) is 27.5 Å². The highest BCUT2D eigenvalue weighted by molar-refractivity contribution is 5.99. The van der Waals surface area contributed by atoms with Gasteiger partial charge in [-0.3, -0.25) is 0 Å². The Kier molecular flexibility index (Phi) is 1.49. The van der Waals surface area contributed by atoms with Crippen molar-refractivity contribution in [2.45, 2.75) is 13.0 Å². The summed E-state index contributed by atoms with van der Waals surface area (Å²) < 4.78 is 4.79. The Balaban J connectivity index is 2.22. The Bertz CT molecular complexity index is 979. The lowest BCUT2D eigenvalue weighted by atomic mass is 10.0. The number of nitrogens with zero attached hydrogens (tertiary/aromatic N) is 2. The van der Waals surface area contributed by atoms with Crippen LogP contribution in [0.15, 0.2) is 54.7 Å². The number of rotatable bonds is 0. The maximum Gasteiger partial charge on any atom is 0.296 e. The maximum atomic E-state index is 2.47. The number of fused-ring (bicyclic) bond motifs is 3. The zero-order chi connectivity index (χ0) is 12.6. The number of imidazole rings is 1. The molecule has 2 aromatic carbocycles. The predicted octanol–water partition coefficient (Wildman–Crippen LogP) is 3.46. The van der Waals surface area contributed by atoms with Gasteiger partial charge in [0.2, 0.25) is 0 Å². The van der Waals surface area contributed by atoms with Gasteiger partial charge < -0.3 is 0 Å². The number of aromatic nitrogens is 2. The predicted molar refractivity (Wildman–Crippen MR) is 76.4 cm³/mol. The van der Waals surface area contributed by atoms with Gasteiger partial charge in [-0.15, -0.1) is 0 Å².